The highest BCUT2D eigenvalue weighted by molar-refractivity contribution is 6.12. The number of benzene rings is 8. The minimum absolute atomic E-state index is 0.0246. The molecule has 0 saturated heterocycles. The Morgan fingerprint density at radius 2 is 0.837 bits per heavy atom. The lowest BCUT2D eigenvalue weighted by atomic mass is 9.81. The van der Waals surface area contributed by atoms with Gasteiger partial charge in [-0.3, -0.25) is 0 Å². The van der Waals surface area contributed by atoms with Crippen molar-refractivity contribution in [3.63, 3.8) is 0 Å². The van der Waals surface area contributed by atoms with Gasteiger partial charge in [-0.05, 0) is 124 Å². The molecule has 43 heavy (non-hydrogen) atoms. The highest BCUT2D eigenvalue weighted by atomic mass is 14.4. The monoisotopic (exact) mass is 546 g/mol. The van der Waals surface area contributed by atoms with Crippen LogP contribution >= 0.6 is 0 Å². The van der Waals surface area contributed by atoms with E-state index in [2.05, 4.69) is 159 Å². The van der Waals surface area contributed by atoms with Crippen molar-refractivity contribution in [1.82, 2.24) is 0 Å². The molecule has 0 heterocycles. The number of rotatable bonds is 2. The molecule has 0 radical (unpaired) electrons. The van der Waals surface area contributed by atoms with Gasteiger partial charge >= 0.3 is 0 Å². The first-order valence-electron chi connectivity index (χ1n) is 15.2. The quantitative estimate of drug-likeness (QED) is 0.189. The molecule has 8 aromatic carbocycles. The first kappa shape index (κ1) is 24.4. The van der Waals surface area contributed by atoms with Crippen molar-refractivity contribution in [2.24, 2.45) is 0 Å². The van der Waals surface area contributed by atoms with Gasteiger partial charge in [-0.2, -0.15) is 0 Å². The molecule has 0 heteroatoms. The van der Waals surface area contributed by atoms with E-state index in [0.717, 1.165) is 0 Å². The molecule has 0 unspecified atom stereocenters. The van der Waals surface area contributed by atoms with Crippen LogP contribution in [0.25, 0.3) is 76.5 Å². The standard InChI is InChI=1S/C43H30/c1-43(2)41-14-8-7-13-37(41)40-25-33-23-38-35(31-17-15-27-9-3-5-11-29(27)21-31)19-20-36(39(38)24-34(33)26-42(40)43)32-18-16-28-10-4-6-12-30(28)22-32/h3-26H,1-2H3. The Bertz CT molecular complexity index is 2420. The van der Waals surface area contributed by atoms with Crippen molar-refractivity contribution in [1.29, 1.82) is 0 Å². The first-order valence-corrected chi connectivity index (χ1v) is 15.2. The van der Waals surface area contributed by atoms with Crippen LogP contribution in [-0.2, 0) is 5.41 Å². The molecular weight excluding hydrogens is 516 g/mol. The van der Waals surface area contributed by atoms with E-state index in [1.165, 1.54) is 87.6 Å². The molecule has 1 aliphatic carbocycles. The summed E-state index contributed by atoms with van der Waals surface area (Å²) in [4.78, 5) is 0. The smallest absolute Gasteiger partial charge is 0.0159 e. The molecular formula is C43H30. The van der Waals surface area contributed by atoms with Crippen LogP contribution in [0.2, 0.25) is 0 Å². The molecule has 8 aromatic rings. The Balaban J connectivity index is 1.35. The van der Waals surface area contributed by atoms with Gasteiger partial charge in [0.05, 0.1) is 0 Å². The van der Waals surface area contributed by atoms with E-state index in [1.54, 1.807) is 0 Å². The summed E-state index contributed by atoms with van der Waals surface area (Å²) in [5.41, 5.74) is 10.6. The number of hydrogen-bond donors (Lipinski definition) is 0. The van der Waals surface area contributed by atoms with Crippen LogP contribution in [0.1, 0.15) is 25.0 Å². The van der Waals surface area contributed by atoms with Crippen LogP contribution in [0.3, 0.4) is 0 Å². The Morgan fingerprint density at radius 1 is 0.326 bits per heavy atom. The average molecular weight is 547 g/mol. The third-order valence-electron chi connectivity index (χ3n) is 9.79. The van der Waals surface area contributed by atoms with Crippen LogP contribution < -0.4 is 0 Å². The molecule has 0 fully saturated rings. The molecule has 0 aliphatic heterocycles. The predicted molar refractivity (Wildman–Crippen MR) is 185 cm³/mol. The van der Waals surface area contributed by atoms with Crippen LogP contribution in [0.15, 0.2) is 146 Å². The minimum Gasteiger partial charge on any atom is -0.0619 e. The lowest BCUT2D eigenvalue weighted by molar-refractivity contribution is 0.661. The van der Waals surface area contributed by atoms with Gasteiger partial charge in [0, 0.05) is 5.41 Å². The Labute approximate surface area is 251 Å². The molecule has 202 valence electrons. The molecule has 0 aromatic heterocycles. The summed E-state index contributed by atoms with van der Waals surface area (Å²) in [6, 6.07) is 54.4. The fourth-order valence-corrected chi connectivity index (χ4v) is 7.51. The van der Waals surface area contributed by atoms with Crippen LogP contribution in [-0.4, -0.2) is 0 Å². The van der Waals surface area contributed by atoms with Crippen LogP contribution in [0.4, 0.5) is 0 Å². The number of hydrogen-bond acceptors (Lipinski definition) is 0. The van der Waals surface area contributed by atoms with Gasteiger partial charge in [0.25, 0.3) is 0 Å². The highest BCUT2D eigenvalue weighted by Crippen LogP contribution is 2.50. The van der Waals surface area contributed by atoms with E-state index in [-0.39, 0.29) is 5.41 Å². The van der Waals surface area contributed by atoms with Crippen molar-refractivity contribution in [2.75, 3.05) is 0 Å². The number of fused-ring (bicyclic) bond motifs is 7. The minimum atomic E-state index is -0.0246. The normalized spacial score (nSPS) is 13.5. The predicted octanol–water partition coefficient (Wildman–Crippen LogP) is 11.9. The summed E-state index contributed by atoms with van der Waals surface area (Å²) < 4.78 is 0. The molecule has 0 saturated carbocycles. The fourth-order valence-electron chi connectivity index (χ4n) is 7.51. The third-order valence-corrected chi connectivity index (χ3v) is 9.79. The van der Waals surface area contributed by atoms with E-state index < -0.39 is 0 Å². The van der Waals surface area contributed by atoms with E-state index in [0.29, 0.717) is 0 Å². The van der Waals surface area contributed by atoms with Gasteiger partial charge in [0.1, 0.15) is 0 Å². The van der Waals surface area contributed by atoms with Gasteiger partial charge in [-0.25, -0.2) is 0 Å². The maximum Gasteiger partial charge on any atom is 0.0159 e. The van der Waals surface area contributed by atoms with Crippen molar-refractivity contribution in [2.45, 2.75) is 19.3 Å². The summed E-state index contributed by atoms with van der Waals surface area (Å²) in [7, 11) is 0. The van der Waals surface area contributed by atoms with Crippen molar-refractivity contribution < 1.29 is 0 Å². The zero-order valence-electron chi connectivity index (χ0n) is 24.4. The second kappa shape index (κ2) is 8.90. The van der Waals surface area contributed by atoms with E-state index in [4.69, 9.17) is 0 Å². The molecule has 0 amide bonds. The summed E-state index contributed by atoms with van der Waals surface area (Å²) in [5.74, 6) is 0. The summed E-state index contributed by atoms with van der Waals surface area (Å²) in [6.07, 6.45) is 0. The van der Waals surface area contributed by atoms with Crippen molar-refractivity contribution in [3.05, 3.63) is 157 Å². The maximum absolute atomic E-state index is 2.46. The van der Waals surface area contributed by atoms with Gasteiger partial charge in [0.2, 0.25) is 0 Å². The topological polar surface area (TPSA) is 0 Å². The lowest BCUT2D eigenvalue weighted by Gasteiger charge is -2.22. The summed E-state index contributed by atoms with van der Waals surface area (Å²) in [5, 5.41) is 10.2. The summed E-state index contributed by atoms with van der Waals surface area (Å²) >= 11 is 0. The van der Waals surface area contributed by atoms with Gasteiger partial charge < -0.3 is 0 Å². The second-order valence-electron chi connectivity index (χ2n) is 12.6. The highest BCUT2D eigenvalue weighted by Gasteiger charge is 2.35. The molecule has 0 nitrogen and oxygen atoms in total. The van der Waals surface area contributed by atoms with Gasteiger partial charge in [-0.15, -0.1) is 0 Å². The molecule has 0 spiro atoms. The van der Waals surface area contributed by atoms with Crippen molar-refractivity contribution in [3.8, 4) is 33.4 Å². The SMILES string of the molecule is CC1(C)c2ccccc2-c2cc3cc4c(-c5ccc6ccccc6c5)ccc(-c5ccc6ccccc6c5)c4cc3cc21. The van der Waals surface area contributed by atoms with Gasteiger partial charge in [-0.1, -0.05) is 123 Å². The zero-order chi connectivity index (χ0) is 28.7. The van der Waals surface area contributed by atoms with E-state index in [9.17, 15) is 0 Å². The molecule has 0 atom stereocenters. The molecule has 1 aliphatic rings. The van der Waals surface area contributed by atoms with Crippen LogP contribution in [0, 0.1) is 0 Å². The Hall–Kier alpha value is -5.20. The van der Waals surface area contributed by atoms with E-state index >= 15 is 0 Å². The van der Waals surface area contributed by atoms with Gasteiger partial charge in [0.15, 0.2) is 0 Å². The summed E-state index contributed by atoms with van der Waals surface area (Å²) in [6.45, 7) is 4.73. The average Bonchev–Trinajstić information content (AvgIpc) is 3.27. The molecule has 0 N–H and O–H groups in total. The zero-order valence-corrected chi connectivity index (χ0v) is 24.4. The molecule has 9 rings (SSSR count). The Kier molecular flexibility index (Phi) is 5.05. The second-order valence-corrected chi connectivity index (χ2v) is 12.6. The largest absolute Gasteiger partial charge is 0.0619 e. The van der Waals surface area contributed by atoms with Crippen LogP contribution in [0.5, 0.6) is 0 Å². The third kappa shape index (κ3) is 3.63. The first-order chi connectivity index (χ1) is 21.0. The molecule has 0 bridgehead atoms. The Morgan fingerprint density at radius 3 is 1.44 bits per heavy atom. The van der Waals surface area contributed by atoms with Crippen molar-refractivity contribution >= 4 is 43.1 Å². The lowest BCUT2D eigenvalue weighted by Crippen LogP contribution is -2.14. The maximum atomic E-state index is 2.46. The van der Waals surface area contributed by atoms with E-state index in [1.807, 2.05) is 0 Å². The fraction of sp³-hybridized carbons (Fsp3) is 0.0698.